The number of rotatable bonds is 8. The molecule has 0 bridgehead atoms. The van der Waals surface area contributed by atoms with E-state index in [0.717, 1.165) is 23.6 Å². The van der Waals surface area contributed by atoms with Crippen molar-refractivity contribution in [3.63, 3.8) is 0 Å². The van der Waals surface area contributed by atoms with E-state index in [2.05, 4.69) is 15.3 Å². The van der Waals surface area contributed by atoms with Crippen molar-refractivity contribution in [2.45, 2.75) is 18.3 Å². The van der Waals surface area contributed by atoms with Crippen LogP contribution in [-0.4, -0.2) is 74.4 Å². The first kappa shape index (κ1) is 22.6. The molecule has 0 saturated carbocycles. The molecule has 11 nitrogen and oxygen atoms in total. The summed E-state index contributed by atoms with van der Waals surface area (Å²) in [6, 6.07) is 2.05. The summed E-state index contributed by atoms with van der Waals surface area (Å²) < 4.78 is 5.03. The maximum atomic E-state index is 12.6. The number of nitrogens with zero attached hydrogens (tertiary/aromatic N) is 2. The Kier molecular flexibility index (Phi) is 6.85. The number of fused-ring (bicyclic) bond motifs is 1. The zero-order valence-electron chi connectivity index (χ0n) is 16.3. The molecule has 2 unspecified atom stereocenters. The molecule has 31 heavy (non-hydrogen) atoms. The number of carboxylic acid groups (broad SMARTS) is 1. The van der Waals surface area contributed by atoms with E-state index in [1.54, 1.807) is 6.07 Å². The second-order valence-electron chi connectivity index (χ2n) is 6.35. The minimum absolute atomic E-state index is 0.0661. The first-order chi connectivity index (χ1) is 14.8. The van der Waals surface area contributed by atoms with Crippen molar-refractivity contribution in [3.05, 3.63) is 35.4 Å². The largest absolute Gasteiger partial charge is 0.477 e. The Morgan fingerprint density at radius 1 is 1.42 bits per heavy atom. The summed E-state index contributed by atoms with van der Waals surface area (Å²) in [6.45, 7) is 1.13. The molecule has 2 atom stereocenters. The first-order valence-corrected chi connectivity index (χ1v) is 10.8. The molecule has 2 N–H and O–H groups in total. The molecule has 1 saturated heterocycles. The number of β-lactam (4-membered cyclic amide) rings is 1. The van der Waals surface area contributed by atoms with Gasteiger partial charge in [-0.25, -0.2) is 4.79 Å². The minimum Gasteiger partial charge on any atom is -0.477 e. The van der Waals surface area contributed by atoms with Gasteiger partial charge in [-0.2, -0.15) is 0 Å². The quantitative estimate of drug-likeness (QED) is 0.239. The normalized spacial score (nSPS) is 20.6. The lowest BCUT2D eigenvalue weighted by Crippen LogP contribution is -2.71. The average molecular weight is 467 g/mol. The van der Waals surface area contributed by atoms with Crippen molar-refractivity contribution in [3.8, 4) is 0 Å². The van der Waals surface area contributed by atoms with Crippen LogP contribution in [0.3, 0.4) is 0 Å². The van der Waals surface area contributed by atoms with Crippen molar-refractivity contribution in [1.29, 1.82) is 0 Å². The zero-order valence-corrected chi connectivity index (χ0v) is 17.9. The van der Waals surface area contributed by atoms with Gasteiger partial charge in [0.15, 0.2) is 11.5 Å². The standard InChI is InChI=1S/C18H17N3O8S2/c1-8(22)11(20-28-2)14(23)19-12-15(24)21-13(17(25)26)9(6-30-16(12)21)7-31-18(27)10-4-3-5-29-10/h3-5,12,16H,6-7H2,1-2H3,(H,19,23)(H,25,26)/b20-11+. The second-order valence-corrected chi connectivity index (χ2v) is 8.40. The summed E-state index contributed by atoms with van der Waals surface area (Å²) in [5, 5.41) is 14.4. The molecule has 3 heterocycles. The smallest absolute Gasteiger partial charge is 0.352 e. The van der Waals surface area contributed by atoms with Gasteiger partial charge in [-0.05, 0) is 17.7 Å². The van der Waals surface area contributed by atoms with Crippen LogP contribution in [0.1, 0.15) is 17.5 Å². The molecule has 0 aromatic carbocycles. The van der Waals surface area contributed by atoms with E-state index in [1.165, 1.54) is 31.2 Å². The number of oxime groups is 1. The SMILES string of the molecule is CO/N=C(\C(C)=O)C(=O)NC1C(=O)N2C(C(=O)O)=C(CSC(=O)c3ccco3)CSC12. The molecular weight excluding hydrogens is 450 g/mol. The zero-order chi connectivity index (χ0) is 22.7. The van der Waals surface area contributed by atoms with E-state index in [4.69, 9.17) is 4.42 Å². The van der Waals surface area contributed by atoms with Crippen LogP contribution >= 0.6 is 23.5 Å². The van der Waals surface area contributed by atoms with Gasteiger partial charge in [0, 0.05) is 18.4 Å². The van der Waals surface area contributed by atoms with E-state index in [9.17, 15) is 29.1 Å². The van der Waals surface area contributed by atoms with Gasteiger partial charge < -0.3 is 19.7 Å². The molecular formula is C18H17N3O8S2. The molecule has 2 amide bonds. The van der Waals surface area contributed by atoms with Crippen LogP contribution in [0.5, 0.6) is 0 Å². The predicted molar refractivity (Wildman–Crippen MR) is 110 cm³/mol. The number of ketones is 1. The summed E-state index contributed by atoms with van der Waals surface area (Å²) >= 11 is 2.12. The van der Waals surface area contributed by atoms with Crippen LogP contribution in [0, 0.1) is 0 Å². The highest BCUT2D eigenvalue weighted by Crippen LogP contribution is 2.41. The van der Waals surface area contributed by atoms with Crippen molar-refractivity contribution >= 4 is 57.9 Å². The van der Waals surface area contributed by atoms with Gasteiger partial charge in [-0.3, -0.25) is 24.1 Å². The van der Waals surface area contributed by atoms with Crippen LogP contribution in [0.25, 0.3) is 0 Å². The third-order valence-electron chi connectivity index (χ3n) is 4.37. The topological polar surface area (TPSA) is 156 Å². The highest BCUT2D eigenvalue weighted by atomic mass is 32.2. The van der Waals surface area contributed by atoms with E-state index >= 15 is 0 Å². The second kappa shape index (κ2) is 9.39. The Labute approximate surface area is 184 Å². The Morgan fingerprint density at radius 2 is 2.16 bits per heavy atom. The van der Waals surface area contributed by atoms with Gasteiger partial charge in [0.25, 0.3) is 16.9 Å². The monoisotopic (exact) mass is 467 g/mol. The number of hydrogen-bond donors (Lipinski definition) is 2. The summed E-state index contributed by atoms with van der Waals surface area (Å²) in [4.78, 5) is 65.9. The van der Waals surface area contributed by atoms with Crippen LogP contribution in [0.15, 0.2) is 39.2 Å². The van der Waals surface area contributed by atoms with Crippen molar-refractivity contribution in [2.75, 3.05) is 18.6 Å². The Hall–Kier alpha value is -3.06. The van der Waals surface area contributed by atoms with Gasteiger partial charge in [0.2, 0.25) is 5.71 Å². The number of aliphatic carboxylic acids is 1. The summed E-state index contributed by atoms with van der Waals surface area (Å²) in [5.41, 5.74) is -0.310. The maximum Gasteiger partial charge on any atom is 0.352 e. The molecule has 0 spiro atoms. The first-order valence-electron chi connectivity index (χ1n) is 8.79. The third-order valence-corrected chi connectivity index (χ3v) is 6.66. The van der Waals surface area contributed by atoms with Crippen molar-refractivity contribution in [2.24, 2.45) is 5.16 Å². The molecule has 0 aliphatic carbocycles. The predicted octanol–water partition coefficient (Wildman–Crippen LogP) is 0.483. The molecule has 2 aliphatic rings. The Morgan fingerprint density at radius 3 is 2.74 bits per heavy atom. The van der Waals surface area contributed by atoms with Crippen LogP contribution in [-0.2, 0) is 24.0 Å². The molecule has 164 valence electrons. The molecule has 2 aliphatic heterocycles. The molecule has 1 aromatic rings. The fraction of sp³-hybridized carbons (Fsp3) is 0.333. The Bertz CT molecular complexity index is 1000. The number of furan rings is 1. The van der Waals surface area contributed by atoms with Gasteiger partial charge in [0.1, 0.15) is 24.2 Å². The molecule has 0 radical (unpaired) electrons. The number of thioether (sulfide) groups is 2. The fourth-order valence-corrected chi connectivity index (χ4v) is 5.26. The number of carbonyl (C=O) groups is 5. The third kappa shape index (κ3) is 4.51. The Balaban J connectivity index is 1.73. The lowest BCUT2D eigenvalue weighted by molar-refractivity contribution is -0.150. The number of amides is 2. The van der Waals surface area contributed by atoms with Crippen molar-refractivity contribution in [1.82, 2.24) is 10.2 Å². The number of carbonyl (C=O) groups excluding carboxylic acids is 4. The lowest BCUT2D eigenvalue weighted by atomic mass is 10.0. The number of hydrogen-bond acceptors (Lipinski definition) is 10. The van der Waals surface area contributed by atoms with E-state index in [0.29, 0.717) is 5.57 Å². The van der Waals surface area contributed by atoms with Gasteiger partial charge in [-0.1, -0.05) is 16.9 Å². The molecule has 3 rings (SSSR count). The maximum absolute atomic E-state index is 12.6. The van der Waals surface area contributed by atoms with E-state index in [-0.39, 0.29) is 28.1 Å². The molecule has 13 heteroatoms. The average Bonchev–Trinajstić information content (AvgIpc) is 3.27. The highest BCUT2D eigenvalue weighted by molar-refractivity contribution is 8.14. The lowest BCUT2D eigenvalue weighted by Gasteiger charge is -2.49. The van der Waals surface area contributed by atoms with Gasteiger partial charge in [-0.15, -0.1) is 11.8 Å². The molecule has 1 aromatic heterocycles. The number of carboxylic acids is 1. The van der Waals surface area contributed by atoms with Gasteiger partial charge >= 0.3 is 5.97 Å². The van der Waals surface area contributed by atoms with Crippen molar-refractivity contribution < 1.29 is 38.3 Å². The fourth-order valence-electron chi connectivity index (χ4n) is 2.98. The van der Waals surface area contributed by atoms with Gasteiger partial charge in [0.05, 0.1) is 6.26 Å². The van der Waals surface area contributed by atoms with Crippen LogP contribution in [0.2, 0.25) is 0 Å². The molecule has 1 fully saturated rings. The minimum atomic E-state index is -1.31. The summed E-state index contributed by atoms with van der Waals surface area (Å²) in [7, 11) is 1.17. The van der Waals surface area contributed by atoms with E-state index in [1.807, 2.05) is 0 Å². The van der Waals surface area contributed by atoms with E-state index < -0.39 is 40.7 Å². The summed E-state index contributed by atoms with van der Waals surface area (Å²) in [6.07, 6.45) is 1.36. The number of nitrogens with one attached hydrogen (secondary N) is 1. The number of Topliss-reactive ketones (excluding diaryl/α,β-unsaturated/α-hetero) is 1. The summed E-state index contributed by atoms with van der Waals surface area (Å²) in [5.74, 6) is -3.03. The highest BCUT2D eigenvalue weighted by Gasteiger charge is 2.54. The van der Waals surface area contributed by atoms with Crippen LogP contribution in [0.4, 0.5) is 0 Å². The van der Waals surface area contributed by atoms with Crippen LogP contribution < -0.4 is 5.32 Å².